The summed E-state index contributed by atoms with van der Waals surface area (Å²) in [6.07, 6.45) is 4.68. The molecule has 2 aliphatic rings. The molecule has 4 rings (SSSR count). The van der Waals surface area contributed by atoms with Gasteiger partial charge in [0.25, 0.3) is 0 Å². The lowest BCUT2D eigenvalue weighted by molar-refractivity contribution is 0.0826. The van der Waals surface area contributed by atoms with Gasteiger partial charge >= 0.3 is 0 Å². The van der Waals surface area contributed by atoms with Gasteiger partial charge in [-0.1, -0.05) is 0 Å². The van der Waals surface area contributed by atoms with Crippen LogP contribution in [0.3, 0.4) is 0 Å². The van der Waals surface area contributed by atoms with Gasteiger partial charge in [-0.2, -0.15) is 0 Å². The van der Waals surface area contributed by atoms with Gasteiger partial charge in [-0.05, 0) is 58.6 Å². The first kappa shape index (κ1) is 15.3. The van der Waals surface area contributed by atoms with Crippen molar-refractivity contribution in [3.8, 4) is 0 Å². The van der Waals surface area contributed by atoms with Crippen molar-refractivity contribution in [2.45, 2.75) is 63.8 Å². The highest BCUT2D eigenvalue weighted by Crippen LogP contribution is 2.44. The average Bonchev–Trinajstić information content (AvgIpc) is 3.12. The maximum absolute atomic E-state index is 5.53. The Morgan fingerprint density at radius 2 is 1.87 bits per heavy atom. The molecule has 0 aromatic carbocycles. The van der Waals surface area contributed by atoms with Crippen molar-refractivity contribution in [3.63, 3.8) is 0 Å². The van der Waals surface area contributed by atoms with Crippen LogP contribution in [0, 0.1) is 6.92 Å². The van der Waals surface area contributed by atoms with Gasteiger partial charge in [0.05, 0.1) is 5.41 Å². The second kappa shape index (κ2) is 5.71. The second-order valence-electron chi connectivity index (χ2n) is 7.40. The minimum absolute atomic E-state index is 0.0854. The van der Waals surface area contributed by atoms with Crippen molar-refractivity contribution in [3.05, 3.63) is 33.5 Å². The van der Waals surface area contributed by atoms with E-state index in [4.69, 9.17) is 4.74 Å². The van der Waals surface area contributed by atoms with Crippen LogP contribution in [0.4, 0.5) is 0 Å². The van der Waals surface area contributed by atoms with E-state index in [1.165, 1.54) is 28.4 Å². The Morgan fingerprint density at radius 3 is 2.48 bits per heavy atom. The minimum Gasteiger partial charge on any atom is -0.381 e. The molecule has 0 spiro atoms. The fourth-order valence-electron chi connectivity index (χ4n) is 3.54. The van der Waals surface area contributed by atoms with Crippen LogP contribution in [0.1, 0.15) is 72.9 Å². The predicted octanol–water partition coefficient (Wildman–Crippen LogP) is 4.20. The van der Waals surface area contributed by atoms with Gasteiger partial charge in [-0.15, -0.1) is 21.5 Å². The highest BCUT2D eigenvalue weighted by Gasteiger charge is 2.39. The predicted molar refractivity (Wildman–Crippen MR) is 92.3 cm³/mol. The SMILES string of the molecule is Cc1ccc(C(C)(C)c2nnc(C3CCOCC3)n2C2CC2)s1. The van der Waals surface area contributed by atoms with Gasteiger partial charge in [-0.3, -0.25) is 0 Å². The lowest BCUT2D eigenvalue weighted by Gasteiger charge is -2.26. The van der Waals surface area contributed by atoms with Crippen LogP contribution >= 0.6 is 11.3 Å². The number of aromatic nitrogens is 3. The Bertz CT molecular complexity index is 693. The first-order valence-corrected chi connectivity index (χ1v) is 9.49. The molecule has 0 atom stereocenters. The molecule has 0 N–H and O–H groups in total. The van der Waals surface area contributed by atoms with Crippen molar-refractivity contribution >= 4 is 11.3 Å². The van der Waals surface area contributed by atoms with Crippen molar-refractivity contribution < 1.29 is 4.74 Å². The Hall–Kier alpha value is -1.20. The summed E-state index contributed by atoms with van der Waals surface area (Å²) in [5.74, 6) is 2.85. The molecule has 23 heavy (non-hydrogen) atoms. The van der Waals surface area contributed by atoms with Crippen molar-refractivity contribution in [2.24, 2.45) is 0 Å². The summed E-state index contributed by atoms with van der Waals surface area (Å²) in [6, 6.07) is 5.07. The fraction of sp³-hybridized carbons (Fsp3) is 0.667. The largest absolute Gasteiger partial charge is 0.381 e. The zero-order chi connectivity index (χ0) is 16.0. The molecule has 2 aromatic rings. The van der Waals surface area contributed by atoms with E-state index in [-0.39, 0.29) is 5.41 Å². The molecule has 0 amide bonds. The van der Waals surface area contributed by atoms with E-state index < -0.39 is 0 Å². The van der Waals surface area contributed by atoms with Crippen LogP contribution < -0.4 is 0 Å². The highest BCUT2D eigenvalue weighted by atomic mass is 32.1. The standard InChI is InChI=1S/C18H25N3OS/c1-12-4-7-15(23-12)18(2,3)17-20-19-16(21(17)14-5-6-14)13-8-10-22-11-9-13/h4,7,13-14H,5-6,8-11H2,1-3H3. The molecule has 2 fully saturated rings. The third-order valence-electron chi connectivity index (χ3n) is 5.14. The summed E-state index contributed by atoms with van der Waals surface area (Å²) in [6.45, 7) is 8.45. The van der Waals surface area contributed by atoms with Crippen LogP contribution in [0.25, 0.3) is 0 Å². The Morgan fingerprint density at radius 1 is 1.13 bits per heavy atom. The van der Waals surface area contributed by atoms with Crippen LogP contribution in [-0.2, 0) is 10.2 Å². The van der Waals surface area contributed by atoms with Crippen LogP contribution in [-0.4, -0.2) is 28.0 Å². The van der Waals surface area contributed by atoms with Gasteiger partial charge < -0.3 is 9.30 Å². The lowest BCUT2D eigenvalue weighted by atomic mass is 9.90. The summed E-state index contributed by atoms with van der Waals surface area (Å²) >= 11 is 1.87. The van der Waals surface area contributed by atoms with Gasteiger partial charge in [0.2, 0.25) is 0 Å². The number of hydrogen-bond acceptors (Lipinski definition) is 4. The van der Waals surface area contributed by atoms with Crippen LogP contribution in [0.2, 0.25) is 0 Å². The summed E-state index contributed by atoms with van der Waals surface area (Å²) < 4.78 is 8.00. The third kappa shape index (κ3) is 2.74. The van der Waals surface area contributed by atoms with E-state index >= 15 is 0 Å². The minimum atomic E-state index is -0.0854. The summed E-state index contributed by atoms with van der Waals surface area (Å²) in [5.41, 5.74) is -0.0854. The van der Waals surface area contributed by atoms with E-state index in [1.54, 1.807) is 0 Å². The molecule has 124 valence electrons. The molecule has 1 aliphatic heterocycles. The smallest absolute Gasteiger partial charge is 0.144 e. The number of nitrogens with zero attached hydrogens (tertiary/aromatic N) is 3. The van der Waals surface area contributed by atoms with E-state index in [0.717, 1.165) is 31.9 Å². The van der Waals surface area contributed by atoms with Gasteiger partial charge in [-0.25, -0.2) is 0 Å². The number of ether oxygens (including phenoxy) is 1. The lowest BCUT2D eigenvalue weighted by Crippen LogP contribution is -2.25. The number of rotatable bonds is 4. The highest BCUT2D eigenvalue weighted by molar-refractivity contribution is 7.12. The summed E-state index contributed by atoms with van der Waals surface area (Å²) in [5, 5.41) is 9.35. The van der Waals surface area contributed by atoms with E-state index in [1.807, 2.05) is 11.3 Å². The monoisotopic (exact) mass is 331 g/mol. The zero-order valence-corrected chi connectivity index (χ0v) is 15.0. The molecule has 1 saturated heterocycles. The average molecular weight is 331 g/mol. The summed E-state index contributed by atoms with van der Waals surface area (Å²) in [4.78, 5) is 2.73. The molecule has 2 aromatic heterocycles. The van der Waals surface area contributed by atoms with E-state index in [2.05, 4.69) is 47.7 Å². The van der Waals surface area contributed by atoms with E-state index in [0.29, 0.717) is 12.0 Å². The fourth-order valence-corrected chi connectivity index (χ4v) is 4.50. The number of hydrogen-bond donors (Lipinski definition) is 0. The molecule has 0 radical (unpaired) electrons. The maximum Gasteiger partial charge on any atom is 0.144 e. The van der Waals surface area contributed by atoms with Gasteiger partial charge in [0.1, 0.15) is 11.6 Å². The van der Waals surface area contributed by atoms with Crippen molar-refractivity contribution in [2.75, 3.05) is 13.2 Å². The molecule has 1 saturated carbocycles. The first-order chi connectivity index (χ1) is 11.1. The van der Waals surface area contributed by atoms with Crippen molar-refractivity contribution in [1.29, 1.82) is 0 Å². The van der Waals surface area contributed by atoms with Gasteiger partial charge in [0.15, 0.2) is 0 Å². The molecular formula is C18H25N3OS. The molecular weight excluding hydrogens is 306 g/mol. The Kier molecular flexibility index (Phi) is 3.81. The Balaban J connectivity index is 1.75. The molecule has 4 nitrogen and oxygen atoms in total. The molecule has 5 heteroatoms. The molecule has 1 aliphatic carbocycles. The number of thiophene rings is 1. The second-order valence-corrected chi connectivity index (χ2v) is 8.69. The summed E-state index contributed by atoms with van der Waals surface area (Å²) in [7, 11) is 0. The quantitative estimate of drug-likeness (QED) is 0.843. The number of aryl methyl sites for hydroxylation is 1. The van der Waals surface area contributed by atoms with Crippen molar-refractivity contribution in [1.82, 2.24) is 14.8 Å². The molecule has 3 heterocycles. The van der Waals surface area contributed by atoms with E-state index in [9.17, 15) is 0 Å². The third-order valence-corrected chi connectivity index (χ3v) is 6.46. The topological polar surface area (TPSA) is 39.9 Å². The Labute approximate surface area is 141 Å². The molecule has 0 unspecified atom stereocenters. The first-order valence-electron chi connectivity index (χ1n) is 8.67. The van der Waals surface area contributed by atoms with Crippen LogP contribution in [0.15, 0.2) is 12.1 Å². The zero-order valence-electron chi connectivity index (χ0n) is 14.2. The van der Waals surface area contributed by atoms with Crippen LogP contribution in [0.5, 0.6) is 0 Å². The maximum atomic E-state index is 5.53. The normalized spacial score (nSPS) is 20.1. The van der Waals surface area contributed by atoms with Gasteiger partial charge in [0, 0.05) is 34.9 Å². The molecule has 0 bridgehead atoms.